The predicted octanol–water partition coefficient (Wildman–Crippen LogP) is 3.02. The van der Waals surface area contributed by atoms with Gasteiger partial charge in [-0.15, -0.1) is 11.8 Å². The number of rotatable bonds is 3. The number of amides is 1. The number of aromatic nitrogens is 3. The number of nitrogens with zero attached hydrogens (tertiary/aromatic N) is 5. The van der Waals surface area contributed by atoms with Crippen LogP contribution in [0.2, 0.25) is 0 Å². The van der Waals surface area contributed by atoms with Gasteiger partial charge in [-0.25, -0.2) is 4.98 Å². The smallest absolute Gasteiger partial charge is 0.274 e. The topological polar surface area (TPSA) is 54.3 Å². The molecular formula is C18H21N5OS2. The SMILES string of the molecule is CSc1ccc2nc(N3CCN(C(=O)c4nn(C)cc4C)CC3)sc2c1. The monoisotopic (exact) mass is 387 g/mol. The van der Waals surface area contributed by atoms with Crippen molar-refractivity contribution in [1.82, 2.24) is 19.7 Å². The molecule has 1 aromatic carbocycles. The molecule has 0 spiro atoms. The maximum Gasteiger partial charge on any atom is 0.274 e. The first-order valence-corrected chi connectivity index (χ1v) is 10.6. The van der Waals surface area contributed by atoms with E-state index < -0.39 is 0 Å². The molecule has 0 saturated carbocycles. The van der Waals surface area contributed by atoms with Crippen LogP contribution >= 0.6 is 23.1 Å². The molecule has 0 unspecified atom stereocenters. The molecule has 1 fully saturated rings. The highest BCUT2D eigenvalue weighted by Gasteiger charge is 2.26. The zero-order chi connectivity index (χ0) is 18.3. The van der Waals surface area contributed by atoms with Crippen LogP contribution < -0.4 is 4.90 Å². The zero-order valence-electron chi connectivity index (χ0n) is 15.1. The van der Waals surface area contributed by atoms with Crippen LogP contribution in [0.3, 0.4) is 0 Å². The van der Waals surface area contributed by atoms with Crippen LogP contribution in [-0.2, 0) is 7.05 Å². The molecule has 0 radical (unpaired) electrons. The summed E-state index contributed by atoms with van der Waals surface area (Å²) in [4.78, 5) is 22.9. The Morgan fingerprint density at radius 1 is 1.23 bits per heavy atom. The third-order valence-corrected chi connectivity index (χ3v) is 6.44. The van der Waals surface area contributed by atoms with Crippen LogP contribution in [0.25, 0.3) is 10.2 Å². The Hall–Kier alpha value is -2.06. The highest BCUT2D eigenvalue weighted by atomic mass is 32.2. The van der Waals surface area contributed by atoms with Gasteiger partial charge in [0.1, 0.15) is 0 Å². The van der Waals surface area contributed by atoms with E-state index in [9.17, 15) is 4.79 Å². The first kappa shape index (κ1) is 17.4. The van der Waals surface area contributed by atoms with Crippen LogP contribution in [-0.4, -0.2) is 58.0 Å². The molecule has 0 aliphatic carbocycles. The van der Waals surface area contributed by atoms with Gasteiger partial charge in [-0.2, -0.15) is 5.10 Å². The van der Waals surface area contributed by atoms with Crippen molar-refractivity contribution in [3.63, 3.8) is 0 Å². The molecular weight excluding hydrogens is 366 g/mol. The van der Waals surface area contributed by atoms with E-state index in [4.69, 9.17) is 4.98 Å². The Kier molecular flexibility index (Phi) is 4.62. The molecule has 26 heavy (non-hydrogen) atoms. The van der Waals surface area contributed by atoms with E-state index in [1.54, 1.807) is 27.8 Å². The summed E-state index contributed by atoms with van der Waals surface area (Å²) >= 11 is 3.47. The van der Waals surface area contributed by atoms with Gasteiger partial charge in [0, 0.05) is 49.9 Å². The molecule has 0 atom stereocenters. The number of fused-ring (bicyclic) bond motifs is 1. The van der Waals surface area contributed by atoms with Crippen molar-refractivity contribution in [1.29, 1.82) is 0 Å². The number of thioether (sulfide) groups is 1. The van der Waals surface area contributed by atoms with Crippen molar-refractivity contribution >= 4 is 44.4 Å². The summed E-state index contributed by atoms with van der Waals surface area (Å²) in [6.07, 6.45) is 3.97. The van der Waals surface area contributed by atoms with E-state index in [2.05, 4.69) is 34.5 Å². The van der Waals surface area contributed by atoms with Gasteiger partial charge >= 0.3 is 0 Å². The summed E-state index contributed by atoms with van der Waals surface area (Å²) in [7, 11) is 1.84. The number of hydrogen-bond donors (Lipinski definition) is 0. The summed E-state index contributed by atoms with van der Waals surface area (Å²) in [6, 6.07) is 6.40. The number of carbonyl (C=O) groups is 1. The van der Waals surface area contributed by atoms with E-state index in [1.807, 2.05) is 25.1 Å². The van der Waals surface area contributed by atoms with Crippen LogP contribution in [0.15, 0.2) is 29.3 Å². The van der Waals surface area contributed by atoms with Crippen LogP contribution in [0.4, 0.5) is 5.13 Å². The first-order chi connectivity index (χ1) is 12.5. The molecule has 136 valence electrons. The van der Waals surface area contributed by atoms with E-state index in [-0.39, 0.29) is 5.91 Å². The largest absolute Gasteiger partial charge is 0.345 e. The number of aryl methyl sites for hydroxylation is 2. The maximum atomic E-state index is 12.7. The number of piperazine rings is 1. The lowest BCUT2D eigenvalue weighted by atomic mass is 10.2. The maximum absolute atomic E-state index is 12.7. The molecule has 1 aliphatic rings. The molecule has 0 N–H and O–H groups in total. The van der Waals surface area contributed by atoms with E-state index in [0.29, 0.717) is 18.8 Å². The molecule has 0 bridgehead atoms. The number of thiazole rings is 1. The van der Waals surface area contributed by atoms with Crippen molar-refractivity contribution in [2.75, 3.05) is 37.3 Å². The van der Waals surface area contributed by atoms with Gasteiger partial charge in [-0.05, 0) is 31.4 Å². The summed E-state index contributed by atoms with van der Waals surface area (Å²) in [5, 5.41) is 5.35. The Balaban J connectivity index is 1.46. The molecule has 1 amide bonds. The molecule has 3 aromatic rings. The van der Waals surface area contributed by atoms with E-state index >= 15 is 0 Å². The van der Waals surface area contributed by atoms with Crippen molar-refractivity contribution in [2.24, 2.45) is 7.05 Å². The normalized spacial score (nSPS) is 15.0. The minimum atomic E-state index is 0.0247. The summed E-state index contributed by atoms with van der Waals surface area (Å²) in [6.45, 7) is 4.92. The standard InChI is InChI=1S/C18H21N5OS2/c1-12-11-21(2)20-16(12)17(24)22-6-8-23(9-7-22)18-19-14-5-4-13(25-3)10-15(14)26-18/h4-5,10-11H,6-9H2,1-3H3. The lowest BCUT2D eigenvalue weighted by Gasteiger charge is -2.34. The third-order valence-electron chi connectivity index (χ3n) is 4.64. The molecule has 8 heteroatoms. The highest BCUT2D eigenvalue weighted by molar-refractivity contribution is 7.98. The van der Waals surface area contributed by atoms with Crippen molar-refractivity contribution in [3.05, 3.63) is 35.7 Å². The Bertz CT molecular complexity index is 956. The number of hydrogen-bond acceptors (Lipinski definition) is 6. The minimum absolute atomic E-state index is 0.0247. The zero-order valence-corrected chi connectivity index (χ0v) is 16.7. The summed E-state index contributed by atoms with van der Waals surface area (Å²) in [5.74, 6) is 0.0247. The molecule has 2 aromatic heterocycles. The quantitative estimate of drug-likeness (QED) is 0.647. The van der Waals surface area contributed by atoms with Gasteiger partial charge in [-0.1, -0.05) is 11.3 Å². The van der Waals surface area contributed by atoms with E-state index in [0.717, 1.165) is 29.3 Å². The predicted molar refractivity (Wildman–Crippen MR) is 107 cm³/mol. The molecule has 3 heterocycles. The molecule has 1 saturated heterocycles. The van der Waals surface area contributed by atoms with Gasteiger partial charge in [0.05, 0.1) is 10.2 Å². The molecule has 1 aliphatic heterocycles. The number of benzene rings is 1. The number of carbonyl (C=O) groups excluding carboxylic acids is 1. The van der Waals surface area contributed by atoms with E-state index in [1.165, 1.54) is 9.60 Å². The van der Waals surface area contributed by atoms with Crippen molar-refractivity contribution < 1.29 is 4.79 Å². The minimum Gasteiger partial charge on any atom is -0.345 e. The summed E-state index contributed by atoms with van der Waals surface area (Å²) < 4.78 is 2.91. The Labute approximate surface area is 160 Å². The van der Waals surface area contributed by atoms with Gasteiger partial charge < -0.3 is 9.80 Å². The summed E-state index contributed by atoms with van der Waals surface area (Å²) in [5.41, 5.74) is 2.53. The lowest BCUT2D eigenvalue weighted by Crippen LogP contribution is -2.49. The van der Waals surface area contributed by atoms with Crippen LogP contribution in [0.1, 0.15) is 16.1 Å². The third kappa shape index (κ3) is 3.19. The van der Waals surface area contributed by atoms with Crippen molar-refractivity contribution in [2.45, 2.75) is 11.8 Å². The molecule has 4 rings (SSSR count). The second-order valence-electron chi connectivity index (χ2n) is 6.44. The van der Waals surface area contributed by atoms with Crippen LogP contribution in [0.5, 0.6) is 0 Å². The Morgan fingerprint density at radius 3 is 2.65 bits per heavy atom. The van der Waals surface area contributed by atoms with Crippen LogP contribution in [0, 0.1) is 6.92 Å². The lowest BCUT2D eigenvalue weighted by molar-refractivity contribution is 0.0739. The highest BCUT2D eigenvalue weighted by Crippen LogP contribution is 2.32. The van der Waals surface area contributed by atoms with Gasteiger partial charge in [0.2, 0.25) is 0 Å². The average Bonchev–Trinajstić information content (AvgIpc) is 3.23. The second kappa shape index (κ2) is 6.92. The number of anilines is 1. The first-order valence-electron chi connectivity index (χ1n) is 8.54. The Morgan fingerprint density at radius 2 is 2.00 bits per heavy atom. The average molecular weight is 388 g/mol. The van der Waals surface area contributed by atoms with Gasteiger partial charge in [0.25, 0.3) is 5.91 Å². The van der Waals surface area contributed by atoms with Gasteiger partial charge in [0.15, 0.2) is 10.8 Å². The van der Waals surface area contributed by atoms with Gasteiger partial charge in [-0.3, -0.25) is 9.48 Å². The van der Waals surface area contributed by atoms with Crippen molar-refractivity contribution in [3.8, 4) is 0 Å². The fourth-order valence-electron chi connectivity index (χ4n) is 3.22. The molecule has 6 nitrogen and oxygen atoms in total. The fourth-order valence-corrected chi connectivity index (χ4v) is 4.79. The second-order valence-corrected chi connectivity index (χ2v) is 8.33. The fraction of sp³-hybridized carbons (Fsp3) is 0.389.